The molecule has 0 heterocycles. The minimum Gasteiger partial charge on any atom is -0.312 e. The van der Waals surface area contributed by atoms with Crippen LogP contribution in [0.2, 0.25) is 0 Å². The number of hydrogen-bond donors (Lipinski definition) is 1. The summed E-state index contributed by atoms with van der Waals surface area (Å²) in [6.45, 7) is 8.47. The molecule has 0 bridgehead atoms. The first-order valence-electron chi connectivity index (χ1n) is 7.12. The molecule has 0 aliphatic carbocycles. The van der Waals surface area contributed by atoms with Crippen molar-refractivity contribution in [1.29, 1.82) is 0 Å². The minimum absolute atomic E-state index is 0.125. The van der Waals surface area contributed by atoms with Gasteiger partial charge in [-0.3, -0.25) is 4.21 Å². The van der Waals surface area contributed by atoms with Gasteiger partial charge in [-0.2, -0.15) is 0 Å². The molecular formula is C16H27NOS. The molecule has 19 heavy (non-hydrogen) atoms. The average Bonchev–Trinajstić information content (AvgIpc) is 2.39. The van der Waals surface area contributed by atoms with Crippen molar-refractivity contribution in [3.8, 4) is 0 Å². The van der Waals surface area contributed by atoms with Crippen molar-refractivity contribution in [2.24, 2.45) is 5.92 Å². The average molecular weight is 281 g/mol. The Bertz CT molecular complexity index is 400. The van der Waals surface area contributed by atoms with Crippen LogP contribution >= 0.6 is 0 Å². The standard InChI is InChI=1S/C16H27NOS/c1-6-14-7-9-15(10-8-14)16(17-5)13(4)19(18)11-12(2)3/h7-10,12-13,16-17H,6,11H2,1-5H3. The van der Waals surface area contributed by atoms with Gasteiger partial charge in [-0.1, -0.05) is 45.0 Å². The predicted octanol–water partition coefficient (Wildman–Crippen LogP) is 3.30. The highest BCUT2D eigenvalue weighted by Crippen LogP contribution is 2.22. The van der Waals surface area contributed by atoms with Crippen LogP contribution in [0.15, 0.2) is 24.3 Å². The molecule has 0 radical (unpaired) electrons. The molecule has 0 spiro atoms. The summed E-state index contributed by atoms with van der Waals surface area (Å²) >= 11 is 0. The Morgan fingerprint density at radius 1 is 1.16 bits per heavy atom. The van der Waals surface area contributed by atoms with Crippen LogP contribution in [0, 0.1) is 5.92 Å². The molecule has 1 aromatic rings. The van der Waals surface area contributed by atoms with Gasteiger partial charge in [-0.15, -0.1) is 0 Å². The second-order valence-corrected chi connectivity index (χ2v) is 7.35. The van der Waals surface area contributed by atoms with E-state index >= 15 is 0 Å². The zero-order chi connectivity index (χ0) is 14.4. The minimum atomic E-state index is -0.795. The van der Waals surface area contributed by atoms with Crippen LogP contribution in [0.5, 0.6) is 0 Å². The molecule has 0 amide bonds. The highest BCUT2D eigenvalue weighted by molar-refractivity contribution is 7.85. The van der Waals surface area contributed by atoms with Gasteiger partial charge in [0.15, 0.2) is 0 Å². The fourth-order valence-electron chi connectivity index (χ4n) is 2.27. The van der Waals surface area contributed by atoms with Crippen molar-refractivity contribution in [3.63, 3.8) is 0 Å². The van der Waals surface area contributed by atoms with E-state index < -0.39 is 10.8 Å². The molecule has 0 fully saturated rings. The zero-order valence-corrected chi connectivity index (χ0v) is 13.6. The van der Waals surface area contributed by atoms with E-state index in [4.69, 9.17) is 0 Å². The van der Waals surface area contributed by atoms with Gasteiger partial charge in [0.1, 0.15) is 0 Å². The van der Waals surface area contributed by atoms with Crippen LogP contribution < -0.4 is 5.32 Å². The monoisotopic (exact) mass is 281 g/mol. The van der Waals surface area contributed by atoms with Crippen LogP contribution in [-0.4, -0.2) is 22.3 Å². The van der Waals surface area contributed by atoms with Crippen molar-refractivity contribution in [3.05, 3.63) is 35.4 Å². The summed E-state index contributed by atoms with van der Waals surface area (Å²) in [6, 6.07) is 8.80. The van der Waals surface area contributed by atoms with Crippen LogP contribution in [0.25, 0.3) is 0 Å². The number of aryl methyl sites for hydroxylation is 1. The SMILES string of the molecule is CCc1ccc(C(NC)C(C)S(=O)CC(C)C)cc1. The van der Waals surface area contributed by atoms with Crippen molar-refractivity contribution in [2.45, 2.75) is 45.4 Å². The molecule has 0 aliphatic heterocycles. The first-order valence-corrected chi connectivity index (χ1v) is 8.51. The van der Waals surface area contributed by atoms with Gasteiger partial charge in [0.2, 0.25) is 0 Å². The Hall–Kier alpha value is -0.670. The van der Waals surface area contributed by atoms with Crippen LogP contribution in [0.3, 0.4) is 0 Å². The van der Waals surface area contributed by atoms with Crippen molar-refractivity contribution in [1.82, 2.24) is 5.32 Å². The molecule has 1 aromatic carbocycles. The van der Waals surface area contributed by atoms with Crippen LogP contribution in [0.4, 0.5) is 0 Å². The third-order valence-electron chi connectivity index (χ3n) is 3.44. The maximum absolute atomic E-state index is 12.3. The van der Waals surface area contributed by atoms with E-state index in [0.717, 1.165) is 12.2 Å². The molecule has 0 aliphatic rings. The lowest BCUT2D eigenvalue weighted by atomic mass is 10.0. The first kappa shape index (κ1) is 16.4. The number of rotatable bonds is 7. The molecule has 3 unspecified atom stereocenters. The lowest BCUT2D eigenvalue weighted by Gasteiger charge is -2.24. The molecule has 1 rings (SSSR count). The summed E-state index contributed by atoms with van der Waals surface area (Å²) in [7, 11) is 1.15. The van der Waals surface area contributed by atoms with Crippen molar-refractivity contribution >= 4 is 10.8 Å². The number of hydrogen-bond acceptors (Lipinski definition) is 2. The molecule has 0 saturated heterocycles. The number of nitrogens with one attached hydrogen (secondary N) is 1. The van der Waals surface area contributed by atoms with E-state index in [2.05, 4.69) is 57.3 Å². The molecule has 3 atom stereocenters. The smallest absolute Gasteiger partial charge is 0.0514 e. The van der Waals surface area contributed by atoms with Crippen molar-refractivity contribution in [2.75, 3.05) is 12.8 Å². The van der Waals surface area contributed by atoms with Gasteiger partial charge in [-0.05, 0) is 37.4 Å². The zero-order valence-electron chi connectivity index (χ0n) is 12.8. The Labute approximate surface area is 120 Å². The van der Waals surface area contributed by atoms with Gasteiger partial charge >= 0.3 is 0 Å². The third-order valence-corrected chi connectivity index (χ3v) is 5.54. The summed E-state index contributed by atoms with van der Waals surface area (Å²) in [5.74, 6) is 1.25. The van der Waals surface area contributed by atoms with Crippen LogP contribution in [-0.2, 0) is 17.2 Å². The van der Waals surface area contributed by atoms with Gasteiger partial charge in [-0.25, -0.2) is 0 Å². The highest BCUT2D eigenvalue weighted by Gasteiger charge is 2.23. The lowest BCUT2D eigenvalue weighted by Crippen LogP contribution is -2.32. The Balaban J connectivity index is 2.83. The van der Waals surface area contributed by atoms with Gasteiger partial charge in [0, 0.05) is 22.6 Å². The molecule has 1 N–H and O–H groups in total. The topological polar surface area (TPSA) is 29.1 Å². The quantitative estimate of drug-likeness (QED) is 0.831. The van der Waals surface area contributed by atoms with Gasteiger partial charge in [0.25, 0.3) is 0 Å². The van der Waals surface area contributed by atoms with E-state index in [9.17, 15) is 4.21 Å². The molecule has 2 nitrogen and oxygen atoms in total. The fourth-order valence-corrected chi connectivity index (χ4v) is 3.82. The summed E-state index contributed by atoms with van der Waals surface area (Å²) in [5, 5.41) is 3.44. The molecule has 0 aromatic heterocycles. The normalized spacial score (nSPS) is 16.3. The summed E-state index contributed by atoms with van der Waals surface area (Å²) < 4.78 is 12.3. The highest BCUT2D eigenvalue weighted by atomic mass is 32.2. The van der Waals surface area contributed by atoms with Crippen molar-refractivity contribution < 1.29 is 4.21 Å². The second kappa shape index (κ2) is 7.81. The van der Waals surface area contributed by atoms with E-state index in [1.165, 1.54) is 11.1 Å². The van der Waals surface area contributed by atoms with E-state index in [0.29, 0.717) is 5.92 Å². The third kappa shape index (κ3) is 4.73. The fraction of sp³-hybridized carbons (Fsp3) is 0.625. The summed E-state index contributed by atoms with van der Waals surface area (Å²) in [4.78, 5) is 0. The Morgan fingerprint density at radius 3 is 2.16 bits per heavy atom. The summed E-state index contributed by atoms with van der Waals surface area (Å²) in [5.41, 5.74) is 2.57. The Kier molecular flexibility index (Phi) is 6.73. The maximum Gasteiger partial charge on any atom is 0.0514 e. The van der Waals surface area contributed by atoms with E-state index in [1.54, 1.807) is 0 Å². The molecule has 3 heteroatoms. The Morgan fingerprint density at radius 2 is 1.74 bits per heavy atom. The van der Waals surface area contributed by atoms with Gasteiger partial charge in [0.05, 0.1) is 5.25 Å². The van der Waals surface area contributed by atoms with E-state index in [-0.39, 0.29) is 11.3 Å². The number of benzene rings is 1. The lowest BCUT2D eigenvalue weighted by molar-refractivity contribution is 0.565. The predicted molar refractivity (Wildman–Crippen MR) is 84.9 cm³/mol. The molecule has 108 valence electrons. The largest absolute Gasteiger partial charge is 0.312 e. The maximum atomic E-state index is 12.3. The second-order valence-electron chi connectivity index (χ2n) is 5.51. The molecular weight excluding hydrogens is 254 g/mol. The van der Waals surface area contributed by atoms with E-state index in [1.807, 2.05) is 7.05 Å². The summed E-state index contributed by atoms with van der Waals surface area (Å²) in [6.07, 6.45) is 1.05. The first-order chi connectivity index (χ1) is 8.99. The van der Waals surface area contributed by atoms with Crippen LogP contribution in [0.1, 0.15) is 44.9 Å². The molecule has 0 saturated carbocycles. The van der Waals surface area contributed by atoms with Gasteiger partial charge < -0.3 is 5.32 Å².